The minimum Gasteiger partial charge on any atom is -0.497 e. The van der Waals surface area contributed by atoms with Gasteiger partial charge >= 0.3 is 0 Å². The molecule has 226 valence electrons. The van der Waals surface area contributed by atoms with Crippen LogP contribution in [0.3, 0.4) is 0 Å². The van der Waals surface area contributed by atoms with Crippen LogP contribution in [0.25, 0.3) is 32.7 Å². The van der Waals surface area contributed by atoms with Gasteiger partial charge in [-0.05, 0) is 75.1 Å². The zero-order valence-corrected chi connectivity index (χ0v) is 26.2. The second-order valence-electron chi connectivity index (χ2n) is 11.0. The van der Waals surface area contributed by atoms with E-state index in [0.29, 0.717) is 18.2 Å². The lowest BCUT2D eigenvalue weighted by molar-refractivity contribution is 0.116. The molecule has 8 nitrogen and oxygen atoms in total. The fraction of sp³-hybridized carbons (Fsp3) is 0.353. The lowest BCUT2D eigenvalue weighted by Gasteiger charge is -2.22. The summed E-state index contributed by atoms with van der Waals surface area (Å²) in [6, 6.07) is 20.2. The number of aromatic nitrogens is 2. The summed E-state index contributed by atoms with van der Waals surface area (Å²) in [5.41, 5.74) is 6.16. The molecule has 0 aliphatic heterocycles. The Kier molecular flexibility index (Phi) is 10.5. The van der Waals surface area contributed by atoms with Crippen molar-refractivity contribution in [2.75, 3.05) is 84.3 Å². The molecule has 2 N–H and O–H groups in total. The number of rotatable bonds is 15. The van der Waals surface area contributed by atoms with Gasteiger partial charge in [-0.25, -0.2) is 4.98 Å². The Morgan fingerprint density at radius 1 is 0.744 bits per heavy atom. The van der Waals surface area contributed by atoms with Gasteiger partial charge in [0.1, 0.15) is 5.75 Å². The Balaban J connectivity index is 1.03. The minimum atomic E-state index is 0.658. The third-order valence-corrected chi connectivity index (χ3v) is 7.91. The van der Waals surface area contributed by atoms with Crippen LogP contribution in [0.1, 0.15) is 5.56 Å². The maximum absolute atomic E-state index is 6.27. The third kappa shape index (κ3) is 8.03. The maximum atomic E-state index is 6.27. The van der Waals surface area contributed by atoms with Gasteiger partial charge in [-0.15, -0.1) is 0 Å². The summed E-state index contributed by atoms with van der Waals surface area (Å²) in [5, 5.41) is 11.1. The number of hydrogen-bond donors (Lipinski definition) is 2. The molecule has 43 heavy (non-hydrogen) atoms. The number of pyridine rings is 2. The molecular weight excluding hydrogens is 560 g/mol. The number of fused-ring (bicyclic) bond motifs is 3. The molecule has 0 atom stereocenters. The molecule has 0 fully saturated rings. The van der Waals surface area contributed by atoms with E-state index < -0.39 is 0 Å². The van der Waals surface area contributed by atoms with E-state index in [4.69, 9.17) is 26.1 Å². The molecule has 2 heterocycles. The van der Waals surface area contributed by atoms with E-state index in [2.05, 4.69) is 64.6 Å². The molecule has 0 amide bonds. The number of aryl methyl sites for hydroxylation is 1. The van der Waals surface area contributed by atoms with E-state index >= 15 is 0 Å². The van der Waals surface area contributed by atoms with Gasteiger partial charge < -0.3 is 29.9 Å². The van der Waals surface area contributed by atoms with Crippen LogP contribution < -0.4 is 15.4 Å². The van der Waals surface area contributed by atoms with Crippen molar-refractivity contribution >= 4 is 55.7 Å². The third-order valence-electron chi connectivity index (χ3n) is 7.68. The highest BCUT2D eigenvalue weighted by Gasteiger charge is 2.11. The molecule has 0 unspecified atom stereocenters. The maximum Gasteiger partial charge on any atom is 0.119 e. The highest BCUT2D eigenvalue weighted by Crippen LogP contribution is 2.34. The van der Waals surface area contributed by atoms with Crippen LogP contribution in [-0.4, -0.2) is 93.5 Å². The standard InChI is InChI=1S/C34H41ClN6O2/c1-24-5-8-27-30(11-12-36-32(27)21-24)37-14-19-43-20-18-41(3)17-16-40(2)15-13-38-34-28-9-6-25(35)22-33(28)39-31-10-7-26(42-4)23-29(31)34/h5-12,21-23H,13-20H2,1-4H3,(H,36,37)(H,38,39). The summed E-state index contributed by atoms with van der Waals surface area (Å²) in [6.07, 6.45) is 1.85. The Morgan fingerprint density at radius 2 is 1.56 bits per heavy atom. The number of anilines is 2. The van der Waals surface area contributed by atoms with Gasteiger partial charge in [0.25, 0.3) is 0 Å². The average Bonchev–Trinajstić information content (AvgIpc) is 3.00. The predicted molar refractivity (Wildman–Crippen MR) is 180 cm³/mol. The van der Waals surface area contributed by atoms with Crippen LogP contribution in [0.2, 0.25) is 5.02 Å². The summed E-state index contributed by atoms with van der Waals surface area (Å²) in [7, 11) is 5.99. The molecule has 0 saturated carbocycles. The lowest BCUT2D eigenvalue weighted by Crippen LogP contribution is -2.35. The quantitative estimate of drug-likeness (QED) is 0.107. The zero-order valence-electron chi connectivity index (χ0n) is 25.5. The summed E-state index contributed by atoms with van der Waals surface area (Å²) in [6.45, 7) is 8.74. The van der Waals surface area contributed by atoms with Crippen LogP contribution in [0, 0.1) is 6.92 Å². The van der Waals surface area contributed by atoms with Gasteiger partial charge in [-0.2, -0.15) is 0 Å². The fourth-order valence-electron chi connectivity index (χ4n) is 5.14. The Labute approximate surface area is 259 Å². The van der Waals surface area contributed by atoms with E-state index in [1.807, 2.05) is 48.7 Å². The number of likely N-dealkylation sites (N-methyl/N-ethyl adjacent to an activating group) is 2. The number of benzene rings is 3. The second-order valence-corrected chi connectivity index (χ2v) is 11.4. The Morgan fingerprint density at radius 3 is 2.40 bits per heavy atom. The number of nitrogens with zero attached hydrogens (tertiary/aromatic N) is 4. The molecule has 0 aliphatic carbocycles. The van der Waals surface area contributed by atoms with Gasteiger partial charge in [0.2, 0.25) is 0 Å². The van der Waals surface area contributed by atoms with Gasteiger partial charge in [-0.1, -0.05) is 23.7 Å². The highest BCUT2D eigenvalue weighted by molar-refractivity contribution is 6.31. The molecule has 3 aromatic carbocycles. The van der Waals surface area contributed by atoms with Gasteiger partial charge in [0.05, 0.1) is 42.6 Å². The first-order valence-electron chi connectivity index (χ1n) is 14.8. The number of ether oxygens (including phenoxy) is 2. The van der Waals surface area contributed by atoms with E-state index in [1.54, 1.807) is 7.11 Å². The van der Waals surface area contributed by atoms with Crippen molar-refractivity contribution in [3.05, 3.63) is 77.4 Å². The molecule has 9 heteroatoms. The molecule has 5 rings (SSSR count). The van der Waals surface area contributed by atoms with Gasteiger partial charge in [0, 0.05) is 72.3 Å². The van der Waals surface area contributed by atoms with Crippen LogP contribution >= 0.6 is 11.6 Å². The molecule has 2 aromatic heterocycles. The smallest absolute Gasteiger partial charge is 0.119 e. The van der Waals surface area contributed by atoms with E-state index in [1.165, 1.54) is 5.56 Å². The van der Waals surface area contributed by atoms with Crippen LogP contribution in [0.15, 0.2) is 66.9 Å². The summed E-state index contributed by atoms with van der Waals surface area (Å²) in [5.74, 6) is 0.809. The summed E-state index contributed by atoms with van der Waals surface area (Å²) >= 11 is 6.27. The second kappa shape index (κ2) is 14.7. The normalized spacial score (nSPS) is 11.7. The van der Waals surface area contributed by atoms with Crippen molar-refractivity contribution in [3.8, 4) is 5.75 Å². The van der Waals surface area contributed by atoms with Crippen molar-refractivity contribution in [3.63, 3.8) is 0 Å². The first-order chi connectivity index (χ1) is 20.9. The molecule has 0 spiro atoms. The molecule has 0 saturated heterocycles. The molecule has 0 radical (unpaired) electrons. The fourth-order valence-corrected chi connectivity index (χ4v) is 5.31. The van der Waals surface area contributed by atoms with E-state index in [-0.39, 0.29) is 0 Å². The summed E-state index contributed by atoms with van der Waals surface area (Å²) < 4.78 is 11.4. The monoisotopic (exact) mass is 600 g/mol. The number of halogens is 1. The van der Waals surface area contributed by atoms with E-state index in [0.717, 1.165) is 89.1 Å². The average molecular weight is 601 g/mol. The molecular formula is C34H41ClN6O2. The van der Waals surface area contributed by atoms with Crippen LogP contribution in [0.4, 0.5) is 11.4 Å². The van der Waals surface area contributed by atoms with E-state index in [9.17, 15) is 0 Å². The highest BCUT2D eigenvalue weighted by atomic mass is 35.5. The Hall–Kier alpha value is -3.69. The van der Waals surface area contributed by atoms with Crippen LogP contribution in [-0.2, 0) is 4.74 Å². The molecule has 5 aromatic rings. The first kappa shape index (κ1) is 30.8. The van der Waals surface area contributed by atoms with Crippen molar-refractivity contribution in [2.45, 2.75) is 6.92 Å². The zero-order chi connectivity index (χ0) is 30.2. The molecule has 0 aliphatic rings. The van der Waals surface area contributed by atoms with Gasteiger partial charge in [0.15, 0.2) is 0 Å². The van der Waals surface area contributed by atoms with Crippen molar-refractivity contribution in [1.82, 2.24) is 19.8 Å². The largest absolute Gasteiger partial charge is 0.497 e. The predicted octanol–water partition coefficient (Wildman–Crippen LogP) is 6.31. The van der Waals surface area contributed by atoms with Crippen molar-refractivity contribution < 1.29 is 9.47 Å². The Bertz CT molecular complexity index is 1680. The molecule has 0 bridgehead atoms. The minimum absolute atomic E-state index is 0.658. The van der Waals surface area contributed by atoms with Crippen molar-refractivity contribution in [2.24, 2.45) is 0 Å². The number of methoxy groups -OCH3 is 1. The van der Waals surface area contributed by atoms with Crippen molar-refractivity contribution in [1.29, 1.82) is 0 Å². The van der Waals surface area contributed by atoms with Gasteiger partial charge in [-0.3, -0.25) is 4.98 Å². The summed E-state index contributed by atoms with van der Waals surface area (Å²) in [4.78, 5) is 14.0. The lowest BCUT2D eigenvalue weighted by atomic mass is 10.1. The topological polar surface area (TPSA) is 74.8 Å². The van der Waals surface area contributed by atoms with Crippen LogP contribution in [0.5, 0.6) is 5.75 Å². The first-order valence-corrected chi connectivity index (χ1v) is 15.1. The number of hydrogen-bond acceptors (Lipinski definition) is 8. The number of nitrogens with one attached hydrogen (secondary N) is 2. The SMILES string of the molecule is COc1ccc2nc3cc(Cl)ccc3c(NCCN(C)CCN(C)CCOCCNc3ccnc4cc(C)ccc34)c2c1.